The minimum atomic E-state index is 0.471. The molecule has 106 valence electrons. The van der Waals surface area contributed by atoms with Gasteiger partial charge in [0, 0.05) is 24.5 Å². The summed E-state index contributed by atoms with van der Waals surface area (Å²) in [4.78, 5) is 2.66. The summed E-state index contributed by atoms with van der Waals surface area (Å²) in [5.41, 5.74) is 6.02. The third-order valence-corrected chi connectivity index (χ3v) is 5.23. The van der Waals surface area contributed by atoms with Crippen molar-refractivity contribution in [2.45, 2.75) is 37.9 Å². The molecule has 0 N–H and O–H groups in total. The lowest BCUT2D eigenvalue weighted by atomic mass is 9.72. The fraction of sp³-hybridized carbons (Fsp3) is 0.300. The minimum absolute atomic E-state index is 0.471. The highest BCUT2D eigenvalue weighted by atomic mass is 15.2. The van der Waals surface area contributed by atoms with Crippen molar-refractivity contribution < 1.29 is 0 Å². The summed E-state index contributed by atoms with van der Waals surface area (Å²) in [6.45, 7) is 7.41. The topological polar surface area (TPSA) is 3.24 Å². The maximum atomic E-state index is 3.98. The van der Waals surface area contributed by atoms with Crippen LogP contribution in [-0.2, 0) is 6.54 Å². The zero-order chi connectivity index (χ0) is 14.4. The van der Waals surface area contributed by atoms with E-state index < -0.39 is 0 Å². The molecule has 0 radical (unpaired) electrons. The van der Waals surface area contributed by atoms with Gasteiger partial charge in [0.15, 0.2) is 0 Å². The summed E-state index contributed by atoms with van der Waals surface area (Å²) in [5, 5.41) is 0. The van der Waals surface area contributed by atoms with Crippen molar-refractivity contribution >= 4 is 0 Å². The van der Waals surface area contributed by atoms with Crippen LogP contribution in [0, 0.1) is 0 Å². The highest BCUT2D eigenvalue weighted by molar-refractivity contribution is 5.48. The summed E-state index contributed by atoms with van der Waals surface area (Å²) in [6.07, 6.45) is 3.09. The van der Waals surface area contributed by atoms with Crippen LogP contribution < -0.4 is 0 Å². The Morgan fingerprint density at radius 3 is 2.48 bits per heavy atom. The summed E-state index contributed by atoms with van der Waals surface area (Å²) < 4.78 is 0. The lowest BCUT2D eigenvalue weighted by Gasteiger charge is -2.50. The van der Waals surface area contributed by atoms with Crippen LogP contribution in [0.15, 0.2) is 61.2 Å². The van der Waals surface area contributed by atoms with E-state index in [1.165, 1.54) is 22.3 Å². The van der Waals surface area contributed by atoms with Gasteiger partial charge in [-0.1, -0.05) is 54.6 Å². The summed E-state index contributed by atoms with van der Waals surface area (Å²) in [7, 11) is 0. The molecular weight excluding hydrogens is 254 g/mol. The SMILES string of the molecule is C=CC[C@H]1c2ccccc2[C@@H]2c3ccccc3CN1[C@H]2C. The third-order valence-electron chi connectivity index (χ3n) is 5.23. The predicted molar refractivity (Wildman–Crippen MR) is 87.3 cm³/mol. The van der Waals surface area contributed by atoms with Crippen molar-refractivity contribution in [1.29, 1.82) is 0 Å². The van der Waals surface area contributed by atoms with Crippen LogP contribution in [-0.4, -0.2) is 10.9 Å². The Balaban J connectivity index is 1.95. The van der Waals surface area contributed by atoms with Crippen LogP contribution in [0.5, 0.6) is 0 Å². The molecule has 21 heavy (non-hydrogen) atoms. The highest BCUT2D eigenvalue weighted by Crippen LogP contribution is 2.49. The van der Waals surface area contributed by atoms with E-state index in [0.29, 0.717) is 18.0 Å². The molecule has 2 aromatic carbocycles. The van der Waals surface area contributed by atoms with E-state index in [1.54, 1.807) is 0 Å². The smallest absolute Gasteiger partial charge is 0.0392 e. The quantitative estimate of drug-likeness (QED) is 0.721. The van der Waals surface area contributed by atoms with E-state index in [0.717, 1.165) is 13.0 Å². The van der Waals surface area contributed by atoms with E-state index in [9.17, 15) is 0 Å². The Labute approximate surface area is 126 Å². The Bertz CT molecular complexity index is 688. The fourth-order valence-electron chi connectivity index (χ4n) is 4.29. The minimum Gasteiger partial charge on any atom is -0.288 e. The van der Waals surface area contributed by atoms with Crippen molar-refractivity contribution in [1.82, 2.24) is 4.90 Å². The van der Waals surface area contributed by atoms with Gasteiger partial charge in [-0.15, -0.1) is 6.58 Å². The van der Waals surface area contributed by atoms with Crippen LogP contribution in [0.25, 0.3) is 0 Å². The molecule has 0 aromatic heterocycles. The molecule has 2 aromatic rings. The van der Waals surface area contributed by atoms with Crippen molar-refractivity contribution in [3.63, 3.8) is 0 Å². The lowest BCUT2D eigenvalue weighted by molar-refractivity contribution is 0.0938. The van der Waals surface area contributed by atoms with Crippen LogP contribution in [0.1, 0.15) is 47.6 Å². The van der Waals surface area contributed by atoms with Gasteiger partial charge >= 0.3 is 0 Å². The Morgan fingerprint density at radius 1 is 1.05 bits per heavy atom. The molecule has 1 heteroatoms. The van der Waals surface area contributed by atoms with Gasteiger partial charge in [0.2, 0.25) is 0 Å². The zero-order valence-electron chi connectivity index (χ0n) is 12.5. The van der Waals surface area contributed by atoms with Crippen LogP contribution in [0.4, 0.5) is 0 Å². The molecule has 2 heterocycles. The molecule has 0 spiro atoms. The van der Waals surface area contributed by atoms with E-state index >= 15 is 0 Å². The maximum absolute atomic E-state index is 3.98. The predicted octanol–water partition coefficient (Wildman–Crippen LogP) is 4.65. The molecule has 2 bridgehead atoms. The number of rotatable bonds is 2. The first-order chi connectivity index (χ1) is 10.3. The highest BCUT2D eigenvalue weighted by Gasteiger charge is 2.42. The van der Waals surface area contributed by atoms with Gasteiger partial charge in [-0.05, 0) is 35.6 Å². The molecule has 4 atom stereocenters. The van der Waals surface area contributed by atoms with Crippen LogP contribution in [0.2, 0.25) is 0 Å². The third kappa shape index (κ3) is 1.81. The van der Waals surface area contributed by atoms with Crippen molar-refractivity contribution in [3.05, 3.63) is 83.4 Å². The standard InChI is InChI=1S/C20H21N/c1-3-8-19-17-11-6-7-12-18(17)20-14(2)21(19)13-15-9-4-5-10-16(15)20/h3-7,9-12,14,19-20H,1,8,13H2,2H3/t14-,19-,20-/m0/s1. The monoisotopic (exact) mass is 275 g/mol. The van der Waals surface area contributed by atoms with E-state index in [4.69, 9.17) is 0 Å². The number of hydrogen-bond donors (Lipinski definition) is 0. The number of hydrogen-bond acceptors (Lipinski definition) is 1. The average Bonchev–Trinajstić information content (AvgIpc) is 2.51. The van der Waals surface area contributed by atoms with Gasteiger partial charge in [-0.25, -0.2) is 0 Å². The van der Waals surface area contributed by atoms with Crippen LogP contribution in [0.3, 0.4) is 0 Å². The summed E-state index contributed by atoms with van der Waals surface area (Å²) >= 11 is 0. The van der Waals surface area contributed by atoms with Gasteiger partial charge in [-0.3, -0.25) is 4.90 Å². The van der Waals surface area contributed by atoms with Gasteiger partial charge in [0.1, 0.15) is 0 Å². The van der Waals surface area contributed by atoms with Crippen molar-refractivity contribution in [2.75, 3.05) is 0 Å². The Hall–Kier alpha value is -1.86. The lowest BCUT2D eigenvalue weighted by Crippen LogP contribution is -2.47. The van der Waals surface area contributed by atoms with Gasteiger partial charge in [-0.2, -0.15) is 0 Å². The zero-order valence-corrected chi connectivity index (χ0v) is 12.5. The largest absolute Gasteiger partial charge is 0.288 e. The van der Waals surface area contributed by atoms with E-state index in [-0.39, 0.29) is 0 Å². The molecular formula is C20H21N. The first kappa shape index (κ1) is 12.8. The summed E-state index contributed by atoms with van der Waals surface area (Å²) in [5.74, 6) is 0.507. The Kier molecular flexibility index (Phi) is 2.97. The Morgan fingerprint density at radius 2 is 1.71 bits per heavy atom. The molecule has 0 saturated heterocycles. The van der Waals surface area contributed by atoms with E-state index in [1.807, 2.05) is 0 Å². The second-order valence-electron chi connectivity index (χ2n) is 6.26. The summed E-state index contributed by atoms with van der Waals surface area (Å²) in [6, 6.07) is 19.0. The molecule has 1 unspecified atom stereocenters. The molecule has 0 fully saturated rings. The molecule has 0 aliphatic carbocycles. The first-order valence-corrected chi connectivity index (χ1v) is 7.84. The van der Waals surface area contributed by atoms with Crippen LogP contribution >= 0.6 is 0 Å². The molecule has 1 nitrogen and oxygen atoms in total. The van der Waals surface area contributed by atoms with Crippen molar-refractivity contribution in [3.8, 4) is 0 Å². The maximum Gasteiger partial charge on any atom is 0.0392 e. The molecule has 4 rings (SSSR count). The first-order valence-electron chi connectivity index (χ1n) is 7.84. The normalized spacial score (nSPS) is 29.4. The second kappa shape index (κ2) is 4.85. The molecule has 2 aliphatic heterocycles. The van der Waals surface area contributed by atoms with E-state index in [2.05, 4.69) is 73.0 Å². The fourth-order valence-corrected chi connectivity index (χ4v) is 4.29. The number of nitrogens with zero attached hydrogens (tertiary/aromatic N) is 1. The average molecular weight is 275 g/mol. The molecule has 0 saturated carbocycles. The van der Waals surface area contributed by atoms with Gasteiger partial charge in [0.05, 0.1) is 0 Å². The van der Waals surface area contributed by atoms with Gasteiger partial charge in [0.25, 0.3) is 0 Å². The van der Waals surface area contributed by atoms with Gasteiger partial charge < -0.3 is 0 Å². The number of benzene rings is 2. The second-order valence-corrected chi connectivity index (χ2v) is 6.26. The number of fused-ring (bicyclic) bond motifs is 6. The molecule has 0 amide bonds. The van der Waals surface area contributed by atoms with Crippen molar-refractivity contribution in [2.24, 2.45) is 0 Å². The molecule has 2 aliphatic rings.